The molecule has 0 saturated heterocycles. The summed E-state index contributed by atoms with van der Waals surface area (Å²) in [5, 5.41) is 0. The molecule has 0 atom stereocenters. The van der Waals surface area contributed by atoms with Gasteiger partial charge in [-0.25, -0.2) is 0 Å². The van der Waals surface area contributed by atoms with Crippen LogP contribution in [0.4, 0.5) is 0 Å². The summed E-state index contributed by atoms with van der Waals surface area (Å²) in [6, 6.07) is 0. The predicted octanol–water partition coefficient (Wildman–Crippen LogP) is 8.71. The third-order valence-electron chi connectivity index (χ3n) is 7.16. The smallest absolute Gasteiger partial charge is 0.0233 e. The van der Waals surface area contributed by atoms with E-state index in [1.165, 1.54) is 83.5 Å². The molecule has 0 unspecified atom stereocenters. The summed E-state index contributed by atoms with van der Waals surface area (Å²) in [5.74, 6) is 4.13. The van der Waals surface area contributed by atoms with E-state index in [0.717, 1.165) is 23.7 Å². The fraction of sp³-hybridized carbons (Fsp3) is 0.920. The van der Waals surface area contributed by atoms with E-state index >= 15 is 0 Å². The normalized spacial score (nSPS) is 30.8. The lowest BCUT2D eigenvalue weighted by atomic mass is 9.77. The molecule has 0 radical (unpaired) electrons. The maximum absolute atomic E-state index is 2.52. The lowest BCUT2D eigenvalue weighted by Crippen LogP contribution is -2.15. The van der Waals surface area contributed by atoms with Gasteiger partial charge in [-0.2, -0.15) is 0 Å². The average Bonchev–Trinajstić information content (AvgIpc) is 2.66. The van der Waals surface area contributed by atoms with Gasteiger partial charge >= 0.3 is 0 Å². The molecule has 146 valence electrons. The second-order valence-corrected chi connectivity index (χ2v) is 9.31. The van der Waals surface area contributed by atoms with E-state index < -0.39 is 0 Å². The summed E-state index contributed by atoms with van der Waals surface area (Å²) in [5.41, 5.74) is 0. The van der Waals surface area contributed by atoms with Crippen molar-refractivity contribution < 1.29 is 0 Å². The molecule has 0 heteroatoms. The van der Waals surface area contributed by atoms with Gasteiger partial charge in [-0.3, -0.25) is 0 Å². The summed E-state index contributed by atoms with van der Waals surface area (Å²) in [6.07, 6.45) is 30.1. The van der Waals surface area contributed by atoms with Gasteiger partial charge in [-0.05, 0) is 55.8 Å². The van der Waals surface area contributed by atoms with Crippen molar-refractivity contribution in [1.82, 2.24) is 0 Å². The van der Waals surface area contributed by atoms with E-state index in [9.17, 15) is 0 Å². The van der Waals surface area contributed by atoms with Gasteiger partial charge in [-0.15, -0.1) is 0 Å². The van der Waals surface area contributed by atoms with Gasteiger partial charge in [0.25, 0.3) is 0 Å². The quantitative estimate of drug-likeness (QED) is 0.259. The number of hydrogen-bond acceptors (Lipinski definition) is 0. The molecular weight excluding hydrogens is 300 g/mol. The van der Waals surface area contributed by atoms with E-state index in [4.69, 9.17) is 0 Å². The molecule has 0 amide bonds. The van der Waals surface area contributed by atoms with Gasteiger partial charge in [0.2, 0.25) is 0 Å². The van der Waals surface area contributed by atoms with Crippen LogP contribution in [0.5, 0.6) is 0 Å². The first-order valence-electron chi connectivity index (χ1n) is 12.0. The molecule has 0 heterocycles. The predicted molar refractivity (Wildman–Crippen MR) is 113 cm³/mol. The monoisotopic (exact) mass is 346 g/mol. The third-order valence-corrected chi connectivity index (χ3v) is 7.16. The summed E-state index contributed by atoms with van der Waals surface area (Å²) in [4.78, 5) is 0. The standard InChI is InChI=1S/C25H46/c1-3-5-7-11-23-18-20-25(21-19-23)13-9-8-12-24-16-14-22(15-17-24)10-6-4-2/h7,11,22-25H,3-6,8-10,12-21H2,1-2H3. The minimum absolute atomic E-state index is 0.908. The van der Waals surface area contributed by atoms with Crippen LogP contribution in [-0.4, -0.2) is 0 Å². The Balaban J connectivity index is 1.46. The van der Waals surface area contributed by atoms with Crippen molar-refractivity contribution in [2.24, 2.45) is 23.7 Å². The highest BCUT2D eigenvalue weighted by atomic mass is 14.3. The van der Waals surface area contributed by atoms with Crippen molar-refractivity contribution >= 4 is 0 Å². The zero-order valence-electron chi connectivity index (χ0n) is 17.5. The fourth-order valence-electron chi connectivity index (χ4n) is 5.29. The van der Waals surface area contributed by atoms with Crippen molar-refractivity contribution in [3.05, 3.63) is 12.2 Å². The third kappa shape index (κ3) is 8.78. The highest BCUT2D eigenvalue weighted by Crippen LogP contribution is 2.36. The van der Waals surface area contributed by atoms with E-state index in [1.54, 1.807) is 25.7 Å². The number of hydrogen-bond donors (Lipinski definition) is 0. The Morgan fingerprint density at radius 3 is 1.56 bits per heavy atom. The Labute approximate surface area is 159 Å². The fourth-order valence-corrected chi connectivity index (χ4v) is 5.29. The van der Waals surface area contributed by atoms with E-state index in [-0.39, 0.29) is 0 Å². The highest BCUT2D eigenvalue weighted by molar-refractivity contribution is 4.90. The minimum atomic E-state index is 0.908. The first-order chi connectivity index (χ1) is 12.3. The Bertz CT molecular complexity index is 326. The van der Waals surface area contributed by atoms with Crippen LogP contribution in [-0.2, 0) is 0 Å². The molecule has 0 spiro atoms. The molecule has 2 rings (SSSR count). The van der Waals surface area contributed by atoms with Crippen LogP contribution >= 0.6 is 0 Å². The zero-order valence-corrected chi connectivity index (χ0v) is 17.5. The van der Waals surface area contributed by atoms with Gasteiger partial charge in [-0.1, -0.05) is 103 Å². The second-order valence-electron chi connectivity index (χ2n) is 9.31. The van der Waals surface area contributed by atoms with Crippen LogP contribution in [0.1, 0.15) is 123 Å². The summed E-state index contributed by atoms with van der Waals surface area (Å²) in [7, 11) is 0. The topological polar surface area (TPSA) is 0 Å². The van der Waals surface area contributed by atoms with Gasteiger partial charge in [0.15, 0.2) is 0 Å². The molecule has 25 heavy (non-hydrogen) atoms. The molecule has 2 aliphatic carbocycles. The van der Waals surface area contributed by atoms with Crippen molar-refractivity contribution in [3.63, 3.8) is 0 Å². The SMILES string of the molecule is CCCC=CC1CCC(CCCCC2CCC(CCCC)CC2)CC1. The largest absolute Gasteiger partial charge is 0.0883 e. The van der Waals surface area contributed by atoms with Gasteiger partial charge in [0.1, 0.15) is 0 Å². The second kappa shape index (κ2) is 13.0. The first-order valence-corrected chi connectivity index (χ1v) is 12.0. The average molecular weight is 347 g/mol. The van der Waals surface area contributed by atoms with E-state index in [1.807, 2.05) is 0 Å². The van der Waals surface area contributed by atoms with Crippen LogP contribution in [0.2, 0.25) is 0 Å². The Morgan fingerprint density at radius 2 is 1.08 bits per heavy atom. The molecule has 2 saturated carbocycles. The van der Waals surface area contributed by atoms with E-state index in [2.05, 4.69) is 26.0 Å². The molecular formula is C25H46. The van der Waals surface area contributed by atoms with Gasteiger partial charge < -0.3 is 0 Å². The van der Waals surface area contributed by atoms with Crippen molar-refractivity contribution in [1.29, 1.82) is 0 Å². The van der Waals surface area contributed by atoms with Crippen LogP contribution < -0.4 is 0 Å². The van der Waals surface area contributed by atoms with Crippen molar-refractivity contribution in [2.45, 2.75) is 123 Å². The molecule has 2 aliphatic rings. The Hall–Kier alpha value is -0.260. The Kier molecular flexibility index (Phi) is 10.9. The van der Waals surface area contributed by atoms with Gasteiger partial charge in [0.05, 0.1) is 0 Å². The molecule has 0 nitrogen and oxygen atoms in total. The lowest BCUT2D eigenvalue weighted by Gasteiger charge is -2.29. The molecule has 0 aromatic heterocycles. The van der Waals surface area contributed by atoms with Crippen LogP contribution in [0.25, 0.3) is 0 Å². The van der Waals surface area contributed by atoms with Crippen molar-refractivity contribution in [3.8, 4) is 0 Å². The minimum Gasteiger partial charge on any atom is -0.0883 e. The number of unbranched alkanes of at least 4 members (excludes halogenated alkanes) is 3. The van der Waals surface area contributed by atoms with Crippen LogP contribution in [0.15, 0.2) is 12.2 Å². The Morgan fingerprint density at radius 1 is 0.600 bits per heavy atom. The van der Waals surface area contributed by atoms with E-state index in [0.29, 0.717) is 0 Å². The van der Waals surface area contributed by atoms with Crippen LogP contribution in [0, 0.1) is 23.7 Å². The summed E-state index contributed by atoms with van der Waals surface area (Å²) < 4.78 is 0. The lowest BCUT2D eigenvalue weighted by molar-refractivity contribution is 0.240. The molecule has 0 N–H and O–H groups in total. The van der Waals surface area contributed by atoms with Gasteiger partial charge in [0, 0.05) is 0 Å². The molecule has 0 bridgehead atoms. The summed E-state index contributed by atoms with van der Waals surface area (Å²) in [6.45, 7) is 4.61. The van der Waals surface area contributed by atoms with Crippen molar-refractivity contribution in [2.75, 3.05) is 0 Å². The zero-order chi connectivity index (χ0) is 17.7. The maximum atomic E-state index is 2.52. The summed E-state index contributed by atoms with van der Waals surface area (Å²) >= 11 is 0. The molecule has 0 aliphatic heterocycles. The number of rotatable bonds is 11. The molecule has 0 aromatic carbocycles. The molecule has 0 aromatic rings. The van der Waals surface area contributed by atoms with Crippen LogP contribution in [0.3, 0.4) is 0 Å². The number of allylic oxidation sites excluding steroid dienone is 2. The first kappa shape index (κ1) is 21.0. The maximum Gasteiger partial charge on any atom is -0.0233 e. The molecule has 2 fully saturated rings. The highest BCUT2D eigenvalue weighted by Gasteiger charge is 2.21.